The molecule has 3 unspecified atom stereocenters. The largest absolute Gasteiger partial charge is 0.365 e. The van der Waals surface area contributed by atoms with Gasteiger partial charge >= 0.3 is 0 Å². The van der Waals surface area contributed by atoms with Crippen LogP contribution in [0.1, 0.15) is 39.5 Å². The average Bonchev–Trinajstić information content (AvgIpc) is 2.74. The summed E-state index contributed by atoms with van der Waals surface area (Å²) in [6, 6.07) is 0. The molecule has 2 aliphatic rings. The molecule has 0 aliphatic carbocycles. The van der Waals surface area contributed by atoms with E-state index in [0.29, 0.717) is 0 Å². The van der Waals surface area contributed by atoms with Gasteiger partial charge in [0, 0.05) is 13.1 Å². The highest BCUT2D eigenvalue weighted by Gasteiger charge is 2.31. The minimum Gasteiger partial charge on any atom is -0.365 e. The van der Waals surface area contributed by atoms with Crippen molar-refractivity contribution in [3.05, 3.63) is 0 Å². The van der Waals surface area contributed by atoms with E-state index in [1.165, 1.54) is 12.8 Å². The van der Waals surface area contributed by atoms with Crippen LogP contribution >= 0.6 is 0 Å². The number of carbonyl (C=O) groups is 1. The first-order chi connectivity index (χ1) is 8.09. The fraction of sp³-hybridized carbons (Fsp3) is 0.923. The van der Waals surface area contributed by atoms with Crippen molar-refractivity contribution < 1.29 is 9.53 Å². The number of hydrogen-bond acceptors (Lipinski definition) is 3. The first-order valence-corrected chi connectivity index (χ1v) is 6.73. The smallest absolute Gasteiger partial charge is 0.249 e. The molecule has 0 aromatic heterocycles. The minimum atomic E-state index is -0.217. The summed E-state index contributed by atoms with van der Waals surface area (Å²) >= 11 is 0. The minimum absolute atomic E-state index is 0.0705. The van der Waals surface area contributed by atoms with E-state index in [-0.39, 0.29) is 23.5 Å². The van der Waals surface area contributed by atoms with Crippen LogP contribution in [-0.2, 0) is 9.53 Å². The highest BCUT2D eigenvalue weighted by atomic mass is 16.5. The zero-order valence-electron chi connectivity index (χ0n) is 10.9. The van der Waals surface area contributed by atoms with E-state index < -0.39 is 0 Å². The Kier molecular flexibility index (Phi) is 4.05. The highest BCUT2D eigenvalue weighted by Crippen LogP contribution is 2.25. The quantitative estimate of drug-likeness (QED) is 0.775. The van der Waals surface area contributed by atoms with Gasteiger partial charge in [-0.3, -0.25) is 4.79 Å². The van der Waals surface area contributed by atoms with E-state index in [2.05, 4.69) is 17.6 Å². The van der Waals surface area contributed by atoms with Crippen molar-refractivity contribution in [1.82, 2.24) is 10.6 Å². The van der Waals surface area contributed by atoms with Crippen LogP contribution < -0.4 is 10.6 Å². The van der Waals surface area contributed by atoms with E-state index in [9.17, 15) is 4.79 Å². The van der Waals surface area contributed by atoms with Crippen LogP contribution in [0.5, 0.6) is 0 Å². The Labute approximate surface area is 103 Å². The predicted molar refractivity (Wildman–Crippen MR) is 66.8 cm³/mol. The molecule has 2 heterocycles. The van der Waals surface area contributed by atoms with E-state index >= 15 is 0 Å². The van der Waals surface area contributed by atoms with Gasteiger partial charge in [-0.05, 0) is 44.6 Å². The lowest BCUT2D eigenvalue weighted by Gasteiger charge is -2.34. The molecule has 0 bridgehead atoms. The molecule has 17 heavy (non-hydrogen) atoms. The predicted octanol–water partition coefficient (Wildman–Crippen LogP) is 1.06. The molecule has 2 N–H and O–H groups in total. The number of piperidine rings is 1. The van der Waals surface area contributed by atoms with Crippen molar-refractivity contribution in [2.75, 3.05) is 19.6 Å². The SMILES string of the molecule is CC1CCC(C(=O)NCC2(C)CCCNC2)O1. The summed E-state index contributed by atoms with van der Waals surface area (Å²) in [6.45, 7) is 7.12. The number of carbonyl (C=O) groups excluding carboxylic acids is 1. The second-order valence-corrected chi connectivity index (χ2v) is 5.82. The number of rotatable bonds is 3. The van der Waals surface area contributed by atoms with E-state index in [1.807, 2.05) is 6.92 Å². The molecule has 4 heteroatoms. The van der Waals surface area contributed by atoms with E-state index in [0.717, 1.165) is 32.5 Å². The van der Waals surface area contributed by atoms with Crippen molar-refractivity contribution in [3.63, 3.8) is 0 Å². The summed E-state index contributed by atoms with van der Waals surface area (Å²) < 4.78 is 5.57. The van der Waals surface area contributed by atoms with Gasteiger partial charge < -0.3 is 15.4 Å². The molecule has 0 saturated carbocycles. The van der Waals surface area contributed by atoms with Crippen LogP contribution in [-0.4, -0.2) is 37.7 Å². The van der Waals surface area contributed by atoms with Gasteiger partial charge in [0.15, 0.2) is 0 Å². The molecular weight excluding hydrogens is 216 g/mol. The summed E-state index contributed by atoms with van der Waals surface area (Å²) in [5.74, 6) is 0.0705. The maximum Gasteiger partial charge on any atom is 0.249 e. The van der Waals surface area contributed by atoms with Crippen LogP contribution in [0.3, 0.4) is 0 Å². The second kappa shape index (κ2) is 5.36. The van der Waals surface area contributed by atoms with Gasteiger partial charge in [-0.1, -0.05) is 6.92 Å². The summed E-state index contributed by atoms with van der Waals surface area (Å²) in [6.07, 6.45) is 4.26. The molecule has 2 aliphatic heterocycles. The Morgan fingerprint density at radius 2 is 2.35 bits per heavy atom. The highest BCUT2D eigenvalue weighted by molar-refractivity contribution is 5.81. The normalized spacial score (nSPS) is 38.0. The van der Waals surface area contributed by atoms with Gasteiger partial charge in [-0.15, -0.1) is 0 Å². The van der Waals surface area contributed by atoms with Crippen LogP contribution in [0, 0.1) is 5.41 Å². The molecule has 3 atom stereocenters. The Balaban J connectivity index is 1.75. The van der Waals surface area contributed by atoms with Crippen molar-refractivity contribution >= 4 is 5.91 Å². The molecule has 4 nitrogen and oxygen atoms in total. The number of ether oxygens (including phenoxy) is 1. The van der Waals surface area contributed by atoms with E-state index in [1.54, 1.807) is 0 Å². The Hall–Kier alpha value is -0.610. The lowest BCUT2D eigenvalue weighted by molar-refractivity contribution is -0.132. The molecule has 0 aromatic rings. The van der Waals surface area contributed by atoms with Crippen LogP contribution in [0.25, 0.3) is 0 Å². The summed E-state index contributed by atoms with van der Waals surface area (Å²) in [7, 11) is 0. The molecule has 0 aromatic carbocycles. The molecular formula is C13H24N2O2. The van der Waals surface area contributed by atoms with Crippen molar-refractivity contribution in [1.29, 1.82) is 0 Å². The lowest BCUT2D eigenvalue weighted by Crippen LogP contribution is -2.47. The third kappa shape index (κ3) is 3.42. The first kappa shape index (κ1) is 12.8. The Bertz CT molecular complexity index is 275. The lowest BCUT2D eigenvalue weighted by atomic mass is 9.83. The van der Waals surface area contributed by atoms with Gasteiger partial charge in [-0.25, -0.2) is 0 Å². The molecule has 2 fully saturated rings. The fourth-order valence-corrected chi connectivity index (χ4v) is 2.68. The van der Waals surface area contributed by atoms with Gasteiger partial charge in [-0.2, -0.15) is 0 Å². The second-order valence-electron chi connectivity index (χ2n) is 5.82. The van der Waals surface area contributed by atoms with Crippen LogP contribution in [0.2, 0.25) is 0 Å². The van der Waals surface area contributed by atoms with Crippen molar-refractivity contribution in [2.45, 2.75) is 51.7 Å². The molecule has 0 spiro atoms. The number of nitrogens with one attached hydrogen (secondary N) is 2. The number of amides is 1. The zero-order chi connectivity index (χ0) is 12.3. The van der Waals surface area contributed by atoms with Crippen LogP contribution in [0.4, 0.5) is 0 Å². The average molecular weight is 240 g/mol. The Morgan fingerprint density at radius 1 is 1.53 bits per heavy atom. The molecule has 2 rings (SSSR count). The molecule has 98 valence electrons. The zero-order valence-corrected chi connectivity index (χ0v) is 10.9. The molecule has 2 saturated heterocycles. The standard InChI is InChI=1S/C13H24N2O2/c1-10-4-5-11(17-10)12(16)15-9-13(2)6-3-7-14-8-13/h10-11,14H,3-9H2,1-2H3,(H,15,16). The Morgan fingerprint density at radius 3 is 2.94 bits per heavy atom. The van der Waals surface area contributed by atoms with Crippen molar-refractivity contribution in [2.24, 2.45) is 5.41 Å². The third-order valence-corrected chi connectivity index (χ3v) is 3.90. The topological polar surface area (TPSA) is 50.4 Å². The maximum absolute atomic E-state index is 11.9. The summed E-state index contributed by atoms with van der Waals surface area (Å²) in [5, 5.41) is 6.44. The third-order valence-electron chi connectivity index (χ3n) is 3.90. The first-order valence-electron chi connectivity index (χ1n) is 6.73. The maximum atomic E-state index is 11.9. The van der Waals surface area contributed by atoms with Gasteiger partial charge in [0.05, 0.1) is 6.10 Å². The van der Waals surface area contributed by atoms with Gasteiger partial charge in [0.1, 0.15) is 6.10 Å². The molecule has 1 amide bonds. The summed E-state index contributed by atoms with van der Waals surface area (Å²) in [4.78, 5) is 11.9. The van der Waals surface area contributed by atoms with Crippen molar-refractivity contribution in [3.8, 4) is 0 Å². The summed E-state index contributed by atoms with van der Waals surface area (Å²) in [5.41, 5.74) is 0.206. The van der Waals surface area contributed by atoms with Gasteiger partial charge in [0.25, 0.3) is 0 Å². The van der Waals surface area contributed by atoms with Crippen LogP contribution in [0.15, 0.2) is 0 Å². The molecule has 0 radical (unpaired) electrons. The fourth-order valence-electron chi connectivity index (χ4n) is 2.68. The van der Waals surface area contributed by atoms with E-state index in [4.69, 9.17) is 4.74 Å². The van der Waals surface area contributed by atoms with Gasteiger partial charge in [0.2, 0.25) is 5.91 Å². The monoisotopic (exact) mass is 240 g/mol. The number of hydrogen-bond donors (Lipinski definition) is 2.